The van der Waals surface area contributed by atoms with E-state index in [1.807, 2.05) is 18.7 Å². The highest BCUT2D eigenvalue weighted by Gasteiger charge is 2.25. The predicted octanol–water partition coefficient (Wildman–Crippen LogP) is 2.24. The summed E-state index contributed by atoms with van der Waals surface area (Å²) in [5.41, 5.74) is 1.00. The molecule has 0 amide bonds. The first-order valence-corrected chi connectivity index (χ1v) is 5.98. The quantitative estimate of drug-likeness (QED) is 0.836. The van der Waals surface area contributed by atoms with Crippen LogP contribution in [-0.2, 0) is 11.3 Å². The molecule has 2 unspecified atom stereocenters. The lowest BCUT2D eigenvalue weighted by atomic mass is 10.1. The van der Waals surface area contributed by atoms with Gasteiger partial charge in [0, 0.05) is 13.7 Å². The minimum Gasteiger partial charge on any atom is -0.379 e. The van der Waals surface area contributed by atoms with E-state index in [-0.39, 0.29) is 12.1 Å². The topological polar surface area (TPSA) is 39.1 Å². The number of ether oxygens (including phenoxy) is 1. The summed E-state index contributed by atoms with van der Waals surface area (Å²) in [5, 5.41) is 8.19. The lowest BCUT2D eigenvalue weighted by molar-refractivity contribution is 0.0648. The van der Waals surface area contributed by atoms with Crippen LogP contribution in [0.25, 0.3) is 0 Å². The van der Waals surface area contributed by atoms with Crippen molar-refractivity contribution < 1.29 is 4.74 Å². The SMILES string of the molecule is CCC(OC)C(NC)c1c(Cl)cnn1CC. The average molecular weight is 246 g/mol. The van der Waals surface area contributed by atoms with Gasteiger partial charge in [-0.05, 0) is 20.4 Å². The van der Waals surface area contributed by atoms with E-state index in [4.69, 9.17) is 16.3 Å². The summed E-state index contributed by atoms with van der Waals surface area (Å²) in [4.78, 5) is 0. The molecule has 0 aliphatic carbocycles. The lowest BCUT2D eigenvalue weighted by Gasteiger charge is -2.25. The lowest BCUT2D eigenvalue weighted by Crippen LogP contribution is -2.32. The van der Waals surface area contributed by atoms with E-state index in [1.165, 1.54) is 0 Å². The van der Waals surface area contributed by atoms with Crippen molar-refractivity contribution in [3.8, 4) is 0 Å². The molecule has 5 heteroatoms. The predicted molar refractivity (Wildman–Crippen MR) is 65.8 cm³/mol. The van der Waals surface area contributed by atoms with Crippen LogP contribution in [-0.4, -0.2) is 30.0 Å². The Hall–Kier alpha value is -0.580. The zero-order chi connectivity index (χ0) is 12.1. The highest BCUT2D eigenvalue weighted by atomic mass is 35.5. The van der Waals surface area contributed by atoms with Crippen LogP contribution in [0.5, 0.6) is 0 Å². The van der Waals surface area contributed by atoms with Crippen LogP contribution in [0.1, 0.15) is 32.0 Å². The number of hydrogen-bond acceptors (Lipinski definition) is 3. The number of rotatable bonds is 6. The molecule has 0 saturated carbocycles. The minimum atomic E-state index is 0.0740. The normalized spacial score (nSPS) is 15.1. The fourth-order valence-corrected chi connectivity index (χ4v) is 2.23. The van der Waals surface area contributed by atoms with Crippen LogP contribution in [0.2, 0.25) is 5.02 Å². The summed E-state index contributed by atoms with van der Waals surface area (Å²) >= 11 is 6.18. The molecule has 0 aliphatic heterocycles. The third-order valence-corrected chi connectivity index (χ3v) is 3.11. The first-order valence-electron chi connectivity index (χ1n) is 5.60. The number of nitrogens with one attached hydrogen (secondary N) is 1. The van der Waals surface area contributed by atoms with Crippen LogP contribution in [0.15, 0.2) is 6.20 Å². The number of aromatic nitrogens is 2. The van der Waals surface area contributed by atoms with Gasteiger partial charge in [0.2, 0.25) is 0 Å². The van der Waals surface area contributed by atoms with Crippen molar-refractivity contribution in [2.45, 2.75) is 39.0 Å². The second kappa shape index (κ2) is 6.23. The maximum atomic E-state index is 6.18. The van der Waals surface area contributed by atoms with E-state index < -0.39 is 0 Å². The van der Waals surface area contributed by atoms with Crippen LogP contribution >= 0.6 is 11.6 Å². The Morgan fingerprint density at radius 3 is 2.69 bits per heavy atom. The zero-order valence-electron chi connectivity index (χ0n) is 10.3. The maximum Gasteiger partial charge on any atom is 0.0835 e. The number of hydrogen-bond donors (Lipinski definition) is 1. The van der Waals surface area contributed by atoms with Gasteiger partial charge < -0.3 is 10.1 Å². The van der Waals surface area contributed by atoms with Crippen LogP contribution in [0.4, 0.5) is 0 Å². The van der Waals surface area contributed by atoms with Crippen molar-refractivity contribution in [2.75, 3.05) is 14.2 Å². The molecule has 0 aromatic carbocycles. The highest BCUT2D eigenvalue weighted by Crippen LogP contribution is 2.27. The number of likely N-dealkylation sites (N-methyl/N-ethyl adjacent to an activating group) is 1. The number of aryl methyl sites for hydroxylation is 1. The van der Waals surface area contributed by atoms with Crippen molar-refractivity contribution >= 4 is 11.6 Å². The Balaban J connectivity index is 3.06. The summed E-state index contributed by atoms with van der Waals surface area (Å²) in [6, 6.07) is 0.0740. The molecule has 2 atom stereocenters. The van der Waals surface area contributed by atoms with Gasteiger partial charge in [-0.1, -0.05) is 18.5 Å². The third-order valence-electron chi connectivity index (χ3n) is 2.82. The van der Waals surface area contributed by atoms with Gasteiger partial charge in [0.1, 0.15) is 0 Å². The van der Waals surface area contributed by atoms with Gasteiger partial charge in [-0.3, -0.25) is 4.68 Å². The van der Waals surface area contributed by atoms with Gasteiger partial charge in [-0.25, -0.2) is 0 Å². The monoisotopic (exact) mass is 245 g/mol. The summed E-state index contributed by atoms with van der Waals surface area (Å²) in [7, 11) is 3.63. The molecular formula is C11H20ClN3O. The highest BCUT2D eigenvalue weighted by molar-refractivity contribution is 6.31. The Morgan fingerprint density at radius 2 is 2.25 bits per heavy atom. The van der Waals surface area contributed by atoms with Crippen molar-refractivity contribution in [1.29, 1.82) is 0 Å². The first kappa shape index (κ1) is 13.5. The fraction of sp³-hybridized carbons (Fsp3) is 0.727. The van der Waals surface area contributed by atoms with Crippen molar-refractivity contribution in [3.05, 3.63) is 16.9 Å². The summed E-state index contributed by atoms with van der Waals surface area (Å²) in [6.45, 7) is 4.95. The van der Waals surface area contributed by atoms with E-state index in [0.717, 1.165) is 18.7 Å². The average Bonchev–Trinajstić information content (AvgIpc) is 2.67. The van der Waals surface area contributed by atoms with Crippen molar-refractivity contribution in [2.24, 2.45) is 0 Å². The molecule has 0 saturated heterocycles. The second-order valence-corrected chi connectivity index (χ2v) is 4.05. The van der Waals surface area contributed by atoms with E-state index in [1.54, 1.807) is 13.3 Å². The summed E-state index contributed by atoms with van der Waals surface area (Å²) < 4.78 is 7.38. The Kier molecular flexibility index (Phi) is 5.25. The second-order valence-electron chi connectivity index (χ2n) is 3.64. The van der Waals surface area contributed by atoms with Gasteiger partial charge in [-0.15, -0.1) is 0 Å². The molecule has 1 heterocycles. The number of methoxy groups -OCH3 is 1. The van der Waals surface area contributed by atoms with E-state index >= 15 is 0 Å². The number of nitrogens with zero attached hydrogens (tertiary/aromatic N) is 2. The largest absolute Gasteiger partial charge is 0.379 e. The van der Waals surface area contributed by atoms with Crippen LogP contribution in [0.3, 0.4) is 0 Å². The molecule has 1 aromatic heterocycles. The molecule has 92 valence electrons. The molecule has 0 bridgehead atoms. The molecule has 1 N–H and O–H groups in total. The van der Waals surface area contributed by atoms with E-state index in [9.17, 15) is 0 Å². The molecule has 1 aromatic rings. The molecule has 1 rings (SSSR count). The Labute approximate surface area is 102 Å². The summed E-state index contributed by atoms with van der Waals surface area (Å²) in [5.74, 6) is 0. The molecular weight excluding hydrogens is 226 g/mol. The Bertz CT molecular complexity index is 323. The molecule has 0 spiro atoms. The summed E-state index contributed by atoms with van der Waals surface area (Å²) in [6.07, 6.45) is 2.71. The van der Waals surface area contributed by atoms with Crippen LogP contribution in [0, 0.1) is 0 Å². The molecule has 0 aliphatic rings. The first-order chi connectivity index (χ1) is 7.69. The van der Waals surface area contributed by atoms with Crippen molar-refractivity contribution in [1.82, 2.24) is 15.1 Å². The van der Waals surface area contributed by atoms with Gasteiger partial charge in [0.25, 0.3) is 0 Å². The third kappa shape index (κ3) is 2.56. The van der Waals surface area contributed by atoms with Gasteiger partial charge in [-0.2, -0.15) is 5.10 Å². The van der Waals surface area contributed by atoms with Gasteiger partial charge in [0.05, 0.1) is 29.1 Å². The van der Waals surface area contributed by atoms with Crippen molar-refractivity contribution in [3.63, 3.8) is 0 Å². The van der Waals surface area contributed by atoms with E-state index in [2.05, 4.69) is 17.3 Å². The van der Waals surface area contributed by atoms with Crippen LogP contribution < -0.4 is 5.32 Å². The molecule has 4 nitrogen and oxygen atoms in total. The fourth-order valence-electron chi connectivity index (χ4n) is 1.97. The Morgan fingerprint density at radius 1 is 1.56 bits per heavy atom. The number of halogens is 1. The molecule has 0 radical (unpaired) electrons. The van der Waals surface area contributed by atoms with Gasteiger partial charge in [0.15, 0.2) is 0 Å². The smallest absolute Gasteiger partial charge is 0.0835 e. The zero-order valence-corrected chi connectivity index (χ0v) is 11.1. The standard InChI is InChI=1S/C11H20ClN3O/c1-5-9(16-4)10(13-3)11-8(12)7-14-15(11)6-2/h7,9-10,13H,5-6H2,1-4H3. The van der Waals surface area contributed by atoms with E-state index in [0.29, 0.717) is 5.02 Å². The molecule has 0 fully saturated rings. The minimum absolute atomic E-state index is 0.0740. The van der Waals surface area contributed by atoms with Gasteiger partial charge >= 0.3 is 0 Å². The molecule has 16 heavy (non-hydrogen) atoms. The maximum absolute atomic E-state index is 6.18.